The Bertz CT molecular complexity index is 3530. The largest absolute Gasteiger partial charge is 0.309 e. The Morgan fingerprint density at radius 2 is 0.800 bits per heavy atom. The highest BCUT2D eigenvalue weighted by Crippen LogP contribution is 2.57. The number of nitrogens with zero attached hydrogens (tertiary/aromatic N) is 1. The molecule has 0 aliphatic heterocycles. The van der Waals surface area contributed by atoms with Crippen molar-refractivity contribution >= 4 is 38.6 Å². The molecule has 0 saturated carbocycles. The topological polar surface area (TPSA) is 3.24 Å². The van der Waals surface area contributed by atoms with Crippen LogP contribution in [0.2, 0.25) is 0 Å². The van der Waals surface area contributed by atoms with E-state index in [1.165, 1.54) is 93.9 Å². The Morgan fingerprint density at radius 1 is 0.308 bits per heavy atom. The zero-order valence-electron chi connectivity index (χ0n) is 36.2. The van der Waals surface area contributed by atoms with E-state index in [-0.39, 0.29) is 5.41 Å². The molecule has 0 bridgehead atoms. The first-order valence-corrected chi connectivity index (χ1v) is 22.6. The molecule has 1 aliphatic carbocycles. The minimum Gasteiger partial charge on any atom is -0.309 e. The first kappa shape index (κ1) is 38.4. The smallest absolute Gasteiger partial charge is 0.0543 e. The fourth-order valence-corrected chi connectivity index (χ4v) is 10.4. The van der Waals surface area contributed by atoms with Crippen LogP contribution in [0.4, 0.5) is 17.1 Å². The number of para-hydroxylation sites is 1. The Morgan fingerprint density at radius 3 is 1.57 bits per heavy atom. The van der Waals surface area contributed by atoms with Gasteiger partial charge in [-0.05, 0) is 120 Å². The number of rotatable bonds is 8. The van der Waals surface area contributed by atoms with Gasteiger partial charge in [0.25, 0.3) is 0 Å². The quantitative estimate of drug-likeness (QED) is 0.147. The fraction of sp³-hybridized carbons (Fsp3) is 0.0312. The Labute approximate surface area is 381 Å². The molecule has 65 heavy (non-hydrogen) atoms. The van der Waals surface area contributed by atoms with Gasteiger partial charge in [0.15, 0.2) is 0 Å². The van der Waals surface area contributed by atoms with Crippen molar-refractivity contribution in [1.82, 2.24) is 0 Å². The third-order valence-electron chi connectivity index (χ3n) is 13.8. The second-order valence-electron chi connectivity index (χ2n) is 17.4. The number of hydrogen-bond donors (Lipinski definition) is 0. The number of benzene rings is 11. The minimum atomic E-state index is -0.325. The molecule has 0 saturated heterocycles. The summed E-state index contributed by atoms with van der Waals surface area (Å²) in [7, 11) is 0. The van der Waals surface area contributed by atoms with Crippen LogP contribution in [-0.4, -0.2) is 0 Å². The van der Waals surface area contributed by atoms with E-state index in [1.54, 1.807) is 0 Å². The maximum atomic E-state index is 2.49. The van der Waals surface area contributed by atoms with E-state index in [0.717, 1.165) is 17.1 Å². The summed E-state index contributed by atoms with van der Waals surface area (Å²) in [6.45, 7) is 2.40. The maximum Gasteiger partial charge on any atom is 0.0543 e. The summed E-state index contributed by atoms with van der Waals surface area (Å²) in [6, 6.07) is 93.6. The van der Waals surface area contributed by atoms with Crippen LogP contribution in [0.5, 0.6) is 0 Å². The highest BCUT2D eigenvalue weighted by Gasteiger charge is 2.42. The molecular formula is C64H45N. The van der Waals surface area contributed by atoms with Crippen LogP contribution < -0.4 is 4.90 Å². The molecule has 0 N–H and O–H groups in total. The summed E-state index contributed by atoms with van der Waals surface area (Å²) < 4.78 is 0. The average Bonchev–Trinajstić information content (AvgIpc) is 3.65. The van der Waals surface area contributed by atoms with Gasteiger partial charge in [-0.2, -0.15) is 0 Å². The highest BCUT2D eigenvalue weighted by molar-refractivity contribution is 6.00. The summed E-state index contributed by atoms with van der Waals surface area (Å²) in [6.07, 6.45) is 0. The van der Waals surface area contributed by atoms with E-state index in [0.29, 0.717) is 0 Å². The van der Waals surface area contributed by atoms with Crippen LogP contribution in [-0.2, 0) is 5.41 Å². The second-order valence-corrected chi connectivity index (χ2v) is 17.4. The van der Waals surface area contributed by atoms with Gasteiger partial charge in [0, 0.05) is 22.2 Å². The standard InChI is InChI=1S/C64H45N/c1-64(53-19-3-2-4-20-53)59-25-11-9-23-58(59)63-60(64)26-14-28-62(63)65(54-41-39-46(40-42-54)45-29-31-47(32-30-45)52-38-33-44-15-5-6-17-51(44)43-52)61-27-12-10-22-57(61)50-36-34-49(35-37-50)56-24-13-18-48-16-7-8-21-55(48)56/h2-43H,1H3. The lowest BCUT2D eigenvalue weighted by Gasteiger charge is -2.31. The van der Waals surface area contributed by atoms with Gasteiger partial charge in [-0.3, -0.25) is 0 Å². The third-order valence-corrected chi connectivity index (χ3v) is 13.8. The van der Waals surface area contributed by atoms with E-state index in [2.05, 4.69) is 267 Å². The molecule has 1 unspecified atom stereocenters. The predicted molar refractivity (Wildman–Crippen MR) is 275 cm³/mol. The van der Waals surface area contributed by atoms with Crippen molar-refractivity contribution in [3.8, 4) is 55.6 Å². The molecule has 306 valence electrons. The summed E-state index contributed by atoms with van der Waals surface area (Å²) in [5.74, 6) is 0. The van der Waals surface area contributed by atoms with Crippen LogP contribution in [0.25, 0.3) is 77.2 Å². The highest BCUT2D eigenvalue weighted by atomic mass is 15.1. The van der Waals surface area contributed by atoms with Gasteiger partial charge in [-0.25, -0.2) is 0 Å². The average molecular weight is 828 g/mol. The summed E-state index contributed by atoms with van der Waals surface area (Å²) >= 11 is 0. The molecule has 11 aromatic rings. The number of hydrogen-bond acceptors (Lipinski definition) is 1. The maximum absolute atomic E-state index is 2.49. The minimum absolute atomic E-state index is 0.325. The van der Waals surface area contributed by atoms with Crippen molar-refractivity contribution in [2.75, 3.05) is 4.90 Å². The molecule has 0 fully saturated rings. The van der Waals surface area contributed by atoms with Crippen LogP contribution in [0.15, 0.2) is 255 Å². The molecule has 1 heteroatoms. The number of anilines is 3. The van der Waals surface area contributed by atoms with Gasteiger partial charge >= 0.3 is 0 Å². The molecule has 0 aromatic heterocycles. The van der Waals surface area contributed by atoms with Gasteiger partial charge in [0.05, 0.1) is 11.4 Å². The lowest BCUT2D eigenvalue weighted by Crippen LogP contribution is -2.22. The van der Waals surface area contributed by atoms with Crippen LogP contribution in [0.3, 0.4) is 0 Å². The fourth-order valence-electron chi connectivity index (χ4n) is 10.4. The van der Waals surface area contributed by atoms with Crippen molar-refractivity contribution in [2.24, 2.45) is 0 Å². The molecule has 0 amide bonds. The van der Waals surface area contributed by atoms with Crippen molar-refractivity contribution in [2.45, 2.75) is 12.3 Å². The van der Waals surface area contributed by atoms with Crippen molar-refractivity contribution in [3.05, 3.63) is 271 Å². The Kier molecular flexibility index (Phi) is 9.35. The summed E-state index contributed by atoms with van der Waals surface area (Å²) in [5, 5.41) is 5.03. The molecule has 0 heterocycles. The zero-order chi connectivity index (χ0) is 43.3. The summed E-state index contributed by atoms with van der Waals surface area (Å²) in [5.41, 5.74) is 19.1. The first-order chi connectivity index (χ1) is 32.1. The molecule has 0 radical (unpaired) electrons. The lowest BCUT2D eigenvalue weighted by atomic mass is 9.74. The van der Waals surface area contributed by atoms with E-state index < -0.39 is 0 Å². The van der Waals surface area contributed by atoms with E-state index in [4.69, 9.17) is 0 Å². The van der Waals surface area contributed by atoms with Crippen LogP contribution in [0.1, 0.15) is 23.6 Å². The molecule has 11 aromatic carbocycles. The Hall–Kier alpha value is -8.26. The molecule has 1 aliphatic rings. The summed E-state index contributed by atoms with van der Waals surface area (Å²) in [4.78, 5) is 2.49. The van der Waals surface area contributed by atoms with E-state index >= 15 is 0 Å². The molecule has 1 nitrogen and oxygen atoms in total. The second kappa shape index (κ2) is 15.8. The van der Waals surface area contributed by atoms with E-state index in [9.17, 15) is 0 Å². The molecular weight excluding hydrogens is 783 g/mol. The van der Waals surface area contributed by atoms with Crippen molar-refractivity contribution in [3.63, 3.8) is 0 Å². The molecule has 12 rings (SSSR count). The lowest BCUT2D eigenvalue weighted by molar-refractivity contribution is 0.714. The van der Waals surface area contributed by atoms with Gasteiger partial charge in [-0.1, -0.05) is 224 Å². The monoisotopic (exact) mass is 827 g/mol. The predicted octanol–water partition coefficient (Wildman–Crippen LogP) is 17.5. The van der Waals surface area contributed by atoms with Gasteiger partial charge in [-0.15, -0.1) is 0 Å². The van der Waals surface area contributed by atoms with Gasteiger partial charge in [0.1, 0.15) is 0 Å². The number of fused-ring (bicyclic) bond motifs is 5. The van der Waals surface area contributed by atoms with Crippen molar-refractivity contribution in [1.29, 1.82) is 0 Å². The third kappa shape index (κ3) is 6.55. The molecule has 0 spiro atoms. The molecule has 1 atom stereocenters. The Balaban J connectivity index is 0.988. The van der Waals surface area contributed by atoms with Crippen LogP contribution >= 0.6 is 0 Å². The van der Waals surface area contributed by atoms with Crippen LogP contribution in [0, 0.1) is 0 Å². The zero-order valence-corrected chi connectivity index (χ0v) is 36.2. The SMILES string of the molecule is CC1(c2ccccc2)c2ccccc2-c2c(N(c3ccc(-c4ccc(-c5ccc6ccccc6c5)cc4)cc3)c3ccccc3-c3ccc(-c4cccc5ccccc45)cc3)cccc21. The normalized spacial score (nSPS) is 14.0. The van der Waals surface area contributed by atoms with Gasteiger partial charge in [0.2, 0.25) is 0 Å². The van der Waals surface area contributed by atoms with E-state index in [1.807, 2.05) is 0 Å². The first-order valence-electron chi connectivity index (χ1n) is 22.6. The van der Waals surface area contributed by atoms with Crippen molar-refractivity contribution < 1.29 is 0 Å². The van der Waals surface area contributed by atoms with Gasteiger partial charge < -0.3 is 4.90 Å².